The van der Waals surface area contributed by atoms with Gasteiger partial charge < -0.3 is 0 Å². The Morgan fingerprint density at radius 3 is 1.57 bits per heavy atom. The minimum Gasteiger partial charge on any atom is -0.289 e. The summed E-state index contributed by atoms with van der Waals surface area (Å²) in [5.41, 5.74) is 7.59. The summed E-state index contributed by atoms with van der Waals surface area (Å²) in [6.07, 6.45) is 11.7. The maximum absolute atomic E-state index is 4.90. The van der Waals surface area contributed by atoms with Gasteiger partial charge in [-0.1, -0.05) is 36.4 Å². The molecule has 5 aromatic rings. The van der Waals surface area contributed by atoms with Gasteiger partial charge in [-0.25, -0.2) is 19.1 Å². The van der Waals surface area contributed by atoms with E-state index in [4.69, 9.17) is 15.0 Å². The van der Waals surface area contributed by atoms with E-state index in [1.807, 2.05) is 49.3 Å². The predicted octanol–water partition coefficient (Wildman–Crippen LogP) is 1.60. The third-order valence-electron chi connectivity index (χ3n) is 6.91. The largest absolute Gasteiger partial charge is 0.420 e. The van der Waals surface area contributed by atoms with Crippen molar-refractivity contribution < 1.29 is 9.13 Å². The van der Waals surface area contributed by atoms with Crippen LogP contribution in [0.4, 0.5) is 34.4 Å². The fourth-order valence-corrected chi connectivity index (χ4v) is 5.44. The average molecular weight is 455 g/mol. The standard InChI is InChI=1S/C27H22BN7/c1-32-15-13-30-26-24(32)28-23-21(34(26)19-9-5-3-6-10-19)17-29-18-22(23)35(20-11-7-4-8-12-20)27-25(28)33(2)16-14-31-27/h3-18H,1-2H3/q+2. The molecule has 8 heteroatoms. The summed E-state index contributed by atoms with van der Waals surface area (Å²) in [7, 11) is 4.18. The van der Waals surface area contributed by atoms with Gasteiger partial charge in [0.1, 0.15) is 14.1 Å². The minimum atomic E-state index is -0.0506. The molecule has 0 fully saturated rings. The van der Waals surface area contributed by atoms with Gasteiger partial charge in [-0.15, -0.1) is 0 Å². The number of fused-ring (bicyclic) bond motifs is 4. The number of anilines is 6. The van der Waals surface area contributed by atoms with Crippen LogP contribution >= 0.6 is 0 Å². The third kappa shape index (κ3) is 2.77. The Labute approximate surface area is 203 Å². The Hall–Kier alpha value is -4.59. The number of benzene rings is 2. The van der Waals surface area contributed by atoms with Crippen LogP contribution in [-0.4, -0.2) is 21.7 Å². The zero-order chi connectivity index (χ0) is 23.5. The molecule has 0 spiro atoms. The van der Waals surface area contributed by atoms with Crippen LogP contribution in [0, 0.1) is 0 Å². The lowest BCUT2D eigenvalue weighted by atomic mass is 9.37. The molecule has 0 bridgehead atoms. The Bertz CT molecular complexity index is 1480. The number of pyridine rings is 1. The van der Waals surface area contributed by atoms with Crippen molar-refractivity contribution in [3.05, 3.63) is 97.8 Å². The average Bonchev–Trinajstić information content (AvgIpc) is 2.90. The number of aryl methyl sites for hydroxylation is 2. The molecule has 7 rings (SSSR count). The van der Waals surface area contributed by atoms with E-state index in [2.05, 4.69) is 81.6 Å². The number of aromatic nitrogens is 5. The summed E-state index contributed by atoms with van der Waals surface area (Å²) in [4.78, 5) is 19.0. The summed E-state index contributed by atoms with van der Waals surface area (Å²) in [5.74, 6) is 1.81. The van der Waals surface area contributed by atoms with E-state index in [1.54, 1.807) is 0 Å². The monoisotopic (exact) mass is 455 g/mol. The molecule has 0 N–H and O–H groups in total. The zero-order valence-electron chi connectivity index (χ0n) is 19.4. The Morgan fingerprint density at radius 1 is 0.657 bits per heavy atom. The zero-order valence-corrected chi connectivity index (χ0v) is 19.4. The van der Waals surface area contributed by atoms with E-state index in [0.717, 1.165) is 45.6 Å². The number of nitrogens with zero attached hydrogens (tertiary/aromatic N) is 7. The van der Waals surface area contributed by atoms with Crippen LogP contribution in [0.2, 0.25) is 0 Å². The lowest BCUT2D eigenvalue weighted by molar-refractivity contribution is -0.658. The van der Waals surface area contributed by atoms with E-state index >= 15 is 0 Å². The first-order valence-electron chi connectivity index (χ1n) is 11.6. The van der Waals surface area contributed by atoms with Gasteiger partial charge in [-0.05, 0) is 29.7 Å². The summed E-state index contributed by atoms with van der Waals surface area (Å²) in [5, 5.41) is 0. The summed E-state index contributed by atoms with van der Waals surface area (Å²) in [6.45, 7) is -0.0506. The van der Waals surface area contributed by atoms with Crippen molar-refractivity contribution in [1.82, 2.24) is 15.0 Å². The van der Waals surface area contributed by atoms with E-state index in [-0.39, 0.29) is 6.71 Å². The molecular formula is C27H22BN7+2. The van der Waals surface area contributed by atoms with Gasteiger partial charge in [0, 0.05) is 11.4 Å². The molecule has 0 aliphatic carbocycles. The minimum absolute atomic E-state index is 0.0506. The summed E-state index contributed by atoms with van der Waals surface area (Å²) >= 11 is 0. The first-order chi connectivity index (χ1) is 17.2. The molecule has 0 unspecified atom stereocenters. The van der Waals surface area contributed by atoms with Crippen molar-refractivity contribution in [3.63, 3.8) is 0 Å². The van der Waals surface area contributed by atoms with Crippen LogP contribution in [0.1, 0.15) is 0 Å². The highest BCUT2D eigenvalue weighted by Gasteiger charge is 2.54. The lowest BCUT2D eigenvalue weighted by Crippen LogP contribution is -2.75. The second-order valence-corrected chi connectivity index (χ2v) is 8.86. The molecule has 0 amide bonds. The fourth-order valence-electron chi connectivity index (χ4n) is 5.44. The molecule has 2 aliphatic rings. The van der Waals surface area contributed by atoms with Gasteiger partial charge in [-0.2, -0.15) is 0 Å². The fraction of sp³-hybridized carbons (Fsp3) is 0.0741. The van der Waals surface area contributed by atoms with Crippen LogP contribution in [0.3, 0.4) is 0 Å². The van der Waals surface area contributed by atoms with Gasteiger partial charge >= 0.3 is 6.71 Å². The first-order valence-corrected chi connectivity index (χ1v) is 11.6. The summed E-state index contributed by atoms with van der Waals surface area (Å²) < 4.78 is 4.37. The van der Waals surface area contributed by atoms with Crippen LogP contribution in [-0.2, 0) is 14.1 Å². The molecule has 0 radical (unpaired) electrons. The maximum Gasteiger partial charge on any atom is 0.420 e. The molecule has 7 nitrogen and oxygen atoms in total. The van der Waals surface area contributed by atoms with Crippen molar-refractivity contribution in [2.75, 3.05) is 9.80 Å². The van der Waals surface area contributed by atoms with Crippen LogP contribution in [0.15, 0.2) is 97.8 Å². The molecule has 2 aromatic carbocycles. The second kappa shape index (κ2) is 7.46. The molecule has 35 heavy (non-hydrogen) atoms. The third-order valence-corrected chi connectivity index (χ3v) is 6.91. The molecule has 5 heterocycles. The molecule has 3 aromatic heterocycles. The smallest absolute Gasteiger partial charge is 0.289 e. The molecule has 0 saturated carbocycles. The van der Waals surface area contributed by atoms with Crippen molar-refractivity contribution in [1.29, 1.82) is 0 Å². The predicted molar refractivity (Wildman–Crippen MR) is 136 cm³/mol. The SMILES string of the molecule is C[n+]1ccnc2c1B1c3c(cncc3N(c3ccccc3)c3ncc[n+](C)c31)N2c1ccccc1. The molecule has 166 valence electrons. The van der Waals surface area contributed by atoms with Crippen molar-refractivity contribution >= 4 is 57.7 Å². The van der Waals surface area contributed by atoms with Crippen molar-refractivity contribution in [3.8, 4) is 0 Å². The number of para-hydroxylation sites is 2. The van der Waals surface area contributed by atoms with Crippen molar-refractivity contribution in [2.45, 2.75) is 0 Å². The number of rotatable bonds is 2. The highest BCUT2D eigenvalue weighted by Crippen LogP contribution is 2.40. The lowest BCUT2D eigenvalue weighted by Gasteiger charge is -2.38. The summed E-state index contributed by atoms with van der Waals surface area (Å²) in [6, 6.07) is 20.8. The van der Waals surface area contributed by atoms with Gasteiger partial charge in [0.05, 0.1) is 36.2 Å². The van der Waals surface area contributed by atoms with Gasteiger partial charge in [-0.3, -0.25) is 14.8 Å². The van der Waals surface area contributed by atoms with Gasteiger partial charge in [0.15, 0.2) is 35.2 Å². The first kappa shape index (κ1) is 19.8. The highest BCUT2D eigenvalue weighted by molar-refractivity contribution is 6.98. The van der Waals surface area contributed by atoms with Crippen LogP contribution in [0.5, 0.6) is 0 Å². The normalized spacial score (nSPS) is 13.3. The molecule has 0 atom stereocenters. The second-order valence-electron chi connectivity index (χ2n) is 8.86. The Morgan fingerprint density at radius 2 is 1.11 bits per heavy atom. The Kier molecular flexibility index (Phi) is 4.23. The molecular weight excluding hydrogens is 433 g/mol. The van der Waals surface area contributed by atoms with Gasteiger partial charge in [0.25, 0.3) is 0 Å². The van der Waals surface area contributed by atoms with Crippen molar-refractivity contribution in [2.24, 2.45) is 14.1 Å². The number of hydrogen-bond acceptors (Lipinski definition) is 5. The van der Waals surface area contributed by atoms with Gasteiger partial charge in [0.2, 0.25) is 0 Å². The van der Waals surface area contributed by atoms with Crippen LogP contribution < -0.4 is 35.6 Å². The quantitative estimate of drug-likeness (QED) is 0.293. The van der Waals surface area contributed by atoms with E-state index in [0.29, 0.717) is 0 Å². The van der Waals surface area contributed by atoms with Crippen LogP contribution in [0.25, 0.3) is 0 Å². The molecule has 0 saturated heterocycles. The van der Waals surface area contributed by atoms with E-state index < -0.39 is 0 Å². The Balaban J connectivity index is 1.62. The maximum atomic E-state index is 4.90. The topological polar surface area (TPSA) is 52.9 Å². The highest BCUT2D eigenvalue weighted by atomic mass is 15.3. The van der Waals surface area contributed by atoms with E-state index in [9.17, 15) is 0 Å². The molecule has 2 aliphatic heterocycles. The van der Waals surface area contributed by atoms with E-state index in [1.165, 1.54) is 5.46 Å². The number of hydrogen-bond donors (Lipinski definition) is 0.